The molecular weight excluding hydrogens is 326 g/mol. The molecule has 1 heterocycles. The molecule has 0 amide bonds. The number of piperidine rings is 1. The number of methoxy groups -OCH3 is 3. The number of hydrogen-bond acceptors (Lipinski definition) is 4. The third kappa shape index (κ3) is 8.24. The first-order valence-corrected chi connectivity index (χ1v) is 11.0. The van der Waals surface area contributed by atoms with Gasteiger partial charge in [0.25, 0.3) is 5.97 Å². The largest absolute Gasteiger partial charge is 0.331 e. The van der Waals surface area contributed by atoms with Gasteiger partial charge in [0.05, 0.1) is 0 Å². The fraction of sp³-hybridized carbons (Fsp3) is 1.00. The smallest absolute Gasteiger partial charge is 0.285 e. The lowest BCUT2D eigenvalue weighted by molar-refractivity contribution is -0.380. The molecule has 0 bridgehead atoms. The standard InChI is InChI=1S/C22H45NO3/c1-6-7-8-9-10-11-13-21(22(24-3,25-4)26-5)14-12-17-23-18-15-20(2)16-19-23/h20-21H,6-19H2,1-5H3. The molecule has 4 nitrogen and oxygen atoms in total. The molecule has 0 spiro atoms. The van der Waals surface area contributed by atoms with E-state index in [0.29, 0.717) is 0 Å². The molecule has 0 saturated carbocycles. The Bertz CT molecular complexity index is 317. The molecule has 0 radical (unpaired) electrons. The zero-order valence-corrected chi connectivity index (χ0v) is 18.2. The molecule has 1 fully saturated rings. The second-order valence-corrected chi connectivity index (χ2v) is 8.14. The van der Waals surface area contributed by atoms with Gasteiger partial charge < -0.3 is 19.1 Å². The number of likely N-dealkylation sites (tertiary alicyclic amines) is 1. The summed E-state index contributed by atoms with van der Waals surface area (Å²) < 4.78 is 17.1. The van der Waals surface area contributed by atoms with Gasteiger partial charge in [-0.15, -0.1) is 0 Å². The summed E-state index contributed by atoms with van der Waals surface area (Å²) in [7, 11) is 5.10. The SMILES string of the molecule is CCCCCCCCC(CCCN1CCC(C)CC1)C(OC)(OC)OC. The molecule has 0 aromatic rings. The molecule has 0 aromatic heterocycles. The maximum Gasteiger partial charge on any atom is 0.285 e. The molecular formula is C22H45NO3. The molecule has 0 N–H and O–H groups in total. The first-order valence-electron chi connectivity index (χ1n) is 11.0. The fourth-order valence-corrected chi connectivity index (χ4v) is 4.27. The van der Waals surface area contributed by atoms with Crippen molar-refractivity contribution in [3.63, 3.8) is 0 Å². The average molecular weight is 372 g/mol. The second-order valence-electron chi connectivity index (χ2n) is 8.14. The van der Waals surface area contributed by atoms with Gasteiger partial charge in [0, 0.05) is 27.2 Å². The van der Waals surface area contributed by atoms with Gasteiger partial charge in [-0.25, -0.2) is 0 Å². The summed E-state index contributed by atoms with van der Waals surface area (Å²) in [4.78, 5) is 2.62. The minimum atomic E-state index is -0.889. The first kappa shape index (κ1) is 23.9. The lowest BCUT2D eigenvalue weighted by atomic mass is 9.92. The lowest BCUT2D eigenvalue weighted by Gasteiger charge is -2.37. The van der Waals surface area contributed by atoms with Crippen LogP contribution in [0.15, 0.2) is 0 Å². The molecule has 1 rings (SSSR count). The topological polar surface area (TPSA) is 30.9 Å². The molecule has 0 aliphatic carbocycles. The molecule has 0 aromatic carbocycles. The van der Waals surface area contributed by atoms with Gasteiger partial charge in [0.1, 0.15) is 0 Å². The third-order valence-electron chi connectivity index (χ3n) is 6.16. The van der Waals surface area contributed by atoms with Crippen LogP contribution in [0, 0.1) is 11.8 Å². The molecule has 1 aliphatic heterocycles. The van der Waals surface area contributed by atoms with Crippen molar-refractivity contribution in [3.8, 4) is 0 Å². The van der Waals surface area contributed by atoms with Crippen LogP contribution in [0.1, 0.15) is 84.5 Å². The minimum Gasteiger partial charge on any atom is -0.331 e. The Balaban J connectivity index is 2.43. The van der Waals surface area contributed by atoms with Crippen molar-refractivity contribution in [2.24, 2.45) is 11.8 Å². The van der Waals surface area contributed by atoms with E-state index in [-0.39, 0.29) is 5.92 Å². The molecule has 1 aliphatic rings. The van der Waals surface area contributed by atoms with Crippen LogP contribution in [-0.2, 0) is 14.2 Å². The normalized spacial score (nSPS) is 18.3. The van der Waals surface area contributed by atoms with E-state index >= 15 is 0 Å². The maximum atomic E-state index is 5.69. The number of ether oxygens (including phenoxy) is 3. The summed E-state index contributed by atoms with van der Waals surface area (Å²) in [6.45, 7) is 8.34. The average Bonchev–Trinajstić information content (AvgIpc) is 2.67. The Kier molecular flexibility index (Phi) is 12.8. The summed E-state index contributed by atoms with van der Waals surface area (Å²) in [5.41, 5.74) is 0. The van der Waals surface area contributed by atoms with Crippen molar-refractivity contribution in [1.82, 2.24) is 4.90 Å². The predicted octanol–water partition coefficient (Wildman–Crippen LogP) is 5.46. The Morgan fingerprint density at radius 1 is 0.846 bits per heavy atom. The summed E-state index contributed by atoms with van der Waals surface area (Å²) in [5.74, 6) is 0.298. The van der Waals surface area contributed by atoms with Crippen molar-refractivity contribution >= 4 is 0 Å². The molecule has 4 heteroatoms. The van der Waals surface area contributed by atoms with Crippen LogP contribution in [0.25, 0.3) is 0 Å². The highest BCUT2D eigenvalue weighted by Gasteiger charge is 2.39. The highest BCUT2D eigenvalue weighted by Crippen LogP contribution is 2.32. The number of unbranched alkanes of at least 4 members (excludes halogenated alkanes) is 5. The van der Waals surface area contributed by atoms with Crippen molar-refractivity contribution < 1.29 is 14.2 Å². The molecule has 156 valence electrons. The van der Waals surface area contributed by atoms with Gasteiger partial charge in [-0.1, -0.05) is 52.4 Å². The van der Waals surface area contributed by atoms with Crippen molar-refractivity contribution in [2.45, 2.75) is 90.4 Å². The maximum absolute atomic E-state index is 5.69. The summed E-state index contributed by atoms with van der Waals surface area (Å²) in [6.07, 6.45) is 14.0. The predicted molar refractivity (Wildman–Crippen MR) is 109 cm³/mol. The fourth-order valence-electron chi connectivity index (χ4n) is 4.27. The zero-order valence-electron chi connectivity index (χ0n) is 18.2. The van der Waals surface area contributed by atoms with Crippen LogP contribution in [-0.4, -0.2) is 51.8 Å². The molecule has 26 heavy (non-hydrogen) atoms. The molecule has 1 unspecified atom stereocenters. The van der Waals surface area contributed by atoms with Gasteiger partial charge in [-0.3, -0.25) is 0 Å². The van der Waals surface area contributed by atoms with E-state index in [1.54, 1.807) is 21.3 Å². The second kappa shape index (κ2) is 13.9. The van der Waals surface area contributed by atoms with E-state index in [4.69, 9.17) is 14.2 Å². The lowest BCUT2D eigenvalue weighted by Crippen LogP contribution is -2.44. The van der Waals surface area contributed by atoms with Gasteiger partial charge >= 0.3 is 0 Å². The van der Waals surface area contributed by atoms with Crippen molar-refractivity contribution in [3.05, 3.63) is 0 Å². The van der Waals surface area contributed by atoms with E-state index in [1.165, 1.54) is 77.4 Å². The Morgan fingerprint density at radius 3 is 1.96 bits per heavy atom. The van der Waals surface area contributed by atoms with E-state index in [9.17, 15) is 0 Å². The number of rotatable bonds is 15. The minimum absolute atomic E-state index is 0.289. The van der Waals surface area contributed by atoms with Gasteiger partial charge in [0.2, 0.25) is 0 Å². The van der Waals surface area contributed by atoms with Crippen molar-refractivity contribution in [2.75, 3.05) is 41.0 Å². The number of hydrogen-bond donors (Lipinski definition) is 0. The van der Waals surface area contributed by atoms with Gasteiger partial charge in [-0.2, -0.15) is 0 Å². The highest BCUT2D eigenvalue weighted by atomic mass is 16.9. The van der Waals surface area contributed by atoms with Crippen LogP contribution in [0.2, 0.25) is 0 Å². The van der Waals surface area contributed by atoms with Gasteiger partial charge in [-0.05, 0) is 57.7 Å². The van der Waals surface area contributed by atoms with Crippen molar-refractivity contribution in [1.29, 1.82) is 0 Å². The molecule has 1 atom stereocenters. The number of nitrogens with zero attached hydrogens (tertiary/aromatic N) is 1. The van der Waals surface area contributed by atoms with Crippen LogP contribution in [0.4, 0.5) is 0 Å². The zero-order chi connectivity index (χ0) is 19.3. The van der Waals surface area contributed by atoms with E-state index in [0.717, 1.165) is 18.8 Å². The summed E-state index contributed by atoms with van der Waals surface area (Å²) in [6, 6.07) is 0. The highest BCUT2D eigenvalue weighted by molar-refractivity contribution is 4.74. The Morgan fingerprint density at radius 2 is 1.38 bits per heavy atom. The van der Waals surface area contributed by atoms with Crippen LogP contribution < -0.4 is 0 Å². The monoisotopic (exact) mass is 371 g/mol. The summed E-state index contributed by atoms with van der Waals surface area (Å²) >= 11 is 0. The third-order valence-corrected chi connectivity index (χ3v) is 6.16. The van der Waals surface area contributed by atoms with Crippen LogP contribution in [0.3, 0.4) is 0 Å². The van der Waals surface area contributed by atoms with E-state index in [2.05, 4.69) is 18.7 Å². The Labute approximate surface area is 162 Å². The quantitative estimate of drug-likeness (QED) is 0.282. The van der Waals surface area contributed by atoms with E-state index < -0.39 is 5.97 Å². The Hall–Kier alpha value is -0.160. The van der Waals surface area contributed by atoms with Crippen LogP contribution in [0.5, 0.6) is 0 Å². The summed E-state index contributed by atoms with van der Waals surface area (Å²) in [5, 5.41) is 0. The first-order chi connectivity index (χ1) is 12.6. The van der Waals surface area contributed by atoms with Gasteiger partial charge in [0.15, 0.2) is 0 Å². The molecule has 1 saturated heterocycles. The van der Waals surface area contributed by atoms with E-state index in [1.807, 2.05) is 0 Å². The van der Waals surface area contributed by atoms with Crippen LogP contribution >= 0.6 is 0 Å².